The third kappa shape index (κ3) is 3.70. The number of rotatable bonds is 3. The molecule has 1 saturated carbocycles. The van der Waals surface area contributed by atoms with E-state index in [1.165, 1.54) is 19.3 Å². The van der Waals surface area contributed by atoms with Gasteiger partial charge < -0.3 is 11.1 Å². The molecule has 2 amide bonds. The monoisotopic (exact) mass is 248 g/mol. The molecular formula is C13H20N4O. The standard InChI is InChI=1S/C13H20N4O/c14-9-10-6-7-15-12(8-10)17-13(18)16-11-4-2-1-3-5-11/h6-8,11H,1-5,9,14H2,(H2,15,16,17,18). The van der Waals surface area contributed by atoms with Gasteiger partial charge in [-0.05, 0) is 30.5 Å². The summed E-state index contributed by atoms with van der Waals surface area (Å²) >= 11 is 0. The van der Waals surface area contributed by atoms with Crippen molar-refractivity contribution in [2.75, 3.05) is 5.32 Å². The fraction of sp³-hybridized carbons (Fsp3) is 0.538. The molecule has 98 valence electrons. The molecule has 0 unspecified atom stereocenters. The molecule has 1 aliphatic carbocycles. The van der Waals surface area contributed by atoms with Gasteiger partial charge in [0.25, 0.3) is 0 Å². The van der Waals surface area contributed by atoms with Gasteiger partial charge in [0.1, 0.15) is 5.82 Å². The first-order valence-corrected chi connectivity index (χ1v) is 6.50. The summed E-state index contributed by atoms with van der Waals surface area (Å²) in [6, 6.07) is 3.75. The van der Waals surface area contributed by atoms with Crippen molar-refractivity contribution in [1.82, 2.24) is 10.3 Å². The van der Waals surface area contributed by atoms with Crippen LogP contribution in [0.15, 0.2) is 18.3 Å². The minimum Gasteiger partial charge on any atom is -0.335 e. The first-order valence-electron chi connectivity index (χ1n) is 6.50. The second kappa shape index (κ2) is 6.35. The van der Waals surface area contributed by atoms with Crippen LogP contribution >= 0.6 is 0 Å². The van der Waals surface area contributed by atoms with Crippen LogP contribution in [0, 0.1) is 0 Å². The third-order valence-corrected chi connectivity index (χ3v) is 3.24. The van der Waals surface area contributed by atoms with Crippen molar-refractivity contribution in [3.8, 4) is 0 Å². The number of pyridine rings is 1. The molecular weight excluding hydrogens is 228 g/mol. The normalized spacial score (nSPS) is 16.3. The lowest BCUT2D eigenvalue weighted by atomic mass is 9.96. The number of nitrogens with zero attached hydrogens (tertiary/aromatic N) is 1. The average Bonchev–Trinajstić information content (AvgIpc) is 2.40. The molecule has 1 fully saturated rings. The molecule has 5 nitrogen and oxygen atoms in total. The summed E-state index contributed by atoms with van der Waals surface area (Å²) in [6.45, 7) is 0.446. The van der Waals surface area contributed by atoms with Crippen molar-refractivity contribution in [3.05, 3.63) is 23.9 Å². The Morgan fingerprint density at radius 1 is 1.39 bits per heavy atom. The zero-order valence-corrected chi connectivity index (χ0v) is 10.5. The topological polar surface area (TPSA) is 80.0 Å². The van der Waals surface area contributed by atoms with Crippen molar-refractivity contribution in [1.29, 1.82) is 0 Å². The van der Waals surface area contributed by atoms with Gasteiger partial charge >= 0.3 is 6.03 Å². The van der Waals surface area contributed by atoms with E-state index >= 15 is 0 Å². The third-order valence-electron chi connectivity index (χ3n) is 3.24. The number of hydrogen-bond acceptors (Lipinski definition) is 3. The Balaban J connectivity index is 1.85. The van der Waals surface area contributed by atoms with E-state index in [4.69, 9.17) is 5.73 Å². The van der Waals surface area contributed by atoms with E-state index in [-0.39, 0.29) is 6.03 Å². The quantitative estimate of drug-likeness (QED) is 0.765. The molecule has 0 bridgehead atoms. The number of carbonyl (C=O) groups excluding carboxylic acids is 1. The molecule has 1 aromatic rings. The SMILES string of the molecule is NCc1ccnc(NC(=O)NC2CCCCC2)c1. The number of amides is 2. The average molecular weight is 248 g/mol. The van der Waals surface area contributed by atoms with Crippen LogP contribution in [0.25, 0.3) is 0 Å². The minimum absolute atomic E-state index is 0.177. The Morgan fingerprint density at radius 3 is 2.89 bits per heavy atom. The second-order valence-electron chi connectivity index (χ2n) is 4.69. The Labute approximate surface area is 107 Å². The van der Waals surface area contributed by atoms with Crippen molar-refractivity contribution >= 4 is 11.8 Å². The summed E-state index contributed by atoms with van der Waals surface area (Å²) in [5, 5.41) is 5.73. The van der Waals surface area contributed by atoms with Crippen molar-refractivity contribution in [2.24, 2.45) is 5.73 Å². The van der Waals surface area contributed by atoms with Gasteiger partial charge in [-0.3, -0.25) is 5.32 Å². The highest BCUT2D eigenvalue weighted by molar-refractivity contribution is 5.88. The summed E-state index contributed by atoms with van der Waals surface area (Å²) in [4.78, 5) is 15.9. The molecule has 0 atom stereocenters. The molecule has 1 aromatic heterocycles. The fourth-order valence-electron chi connectivity index (χ4n) is 2.25. The van der Waals surface area contributed by atoms with E-state index in [0.717, 1.165) is 18.4 Å². The van der Waals surface area contributed by atoms with Gasteiger partial charge in [0.15, 0.2) is 0 Å². The van der Waals surface area contributed by atoms with E-state index in [2.05, 4.69) is 15.6 Å². The van der Waals surface area contributed by atoms with Crippen LogP contribution in [0.4, 0.5) is 10.6 Å². The molecule has 1 heterocycles. The number of anilines is 1. The van der Waals surface area contributed by atoms with Crippen LogP contribution in [-0.2, 0) is 6.54 Å². The molecule has 2 rings (SSSR count). The Hall–Kier alpha value is -1.62. The largest absolute Gasteiger partial charge is 0.335 e. The molecule has 4 N–H and O–H groups in total. The first kappa shape index (κ1) is 12.8. The number of nitrogens with one attached hydrogen (secondary N) is 2. The molecule has 0 spiro atoms. The highest BCUT2D eigenvalue weighted by Crippen LogP contribution is 2.17. The molecule has 5 heteroatoms. The number of carbonyl (C=O) groups is 1. The van der Waals surface area contributed by atoms with Crippen LogP contribution in [-0.4, -0.2) is 17.1 Å². The van der Waals surface area contributed by atoms with Crippen molar-refractivity contribution in [3.63, 3.8) is 0 Å². The smallest absolute Gasteiger partial charge is 0.320 e. The van der Waals surface area contributed by atoms with Crippen LogP contribution in [0.2, 0.25) is 0 Å². The van der Waals surface area contributed by atoms with Crippen molar-refractivity contribution < 1.29 is 4.79 Å². The van der Waals surface area contributed by atoms with E-state index in [0.29, 0.717) is 18.4 Å². The molecule has 0 aliphatic heterocycles. The number of hydrogen-bond donors (Lipinski definition) is 3. The lowest BCUT2D eigenvalue weighted by Crippen LogP contribution is -2.39. The maximum absolute atomic E-state index is 11.8. The predicted molar refractivity (Wildman–Crippen MR) is 71.2 cm³/mol. The highest BCUT2D eigenvalue weighted by atomic mass is 16.2. The zero-order valence-electron chi connectivity index (χ0n) is 10.5. The Morgan fingerprint density at radius 2 is 2.17 bits per heavy atom. The molecule has 0 saturated heterocycles. The number of nitrogens with two attached hydrogens (primary N) is 1. The number of aromatic nitrogens is 1. The van der Waals surface area contributed by atoms with Gasteiger partial charge in [-0.25, -0.2) is 9.78 Å². The van der Waals surface area contributed by atoms with Gasteiger partial charge in [0.2, 0.25) is 0 Å². The van der Waals surface area contributed by atoms with Crippen LogP contribution < -0.4 is 16.4 Å². The summed E-state index contributed by atoms with van der Waals surface area (Å²) in [5.41, 5.74) is 6.50. The fourth-order valence-corrected chi connectivity index (χ4v) is 2.25. The van der Waals surface area contributed by atoms with Gasteiger partial charge in [0, 0.05) is 18.8 Å². The van der Waals surface area contributed by atoms with Crippen LogP contribution in [0.1, 0.15) is 37.7 Å². The summed E-state index contributed by atoms with van der Waals surface area (Å²) in [6.07, 6.45) is 7.48. The lowest BCUT2D eigenvalue weighted by Gasteiger charge is -2.22. The molecule has 18 heavy (non-hydrogen) atoms. The Bertz CT molecular complexity index is 402. The minimum atomic E-state index is -0.177. The lowest BCUT2D eigenvalue weighted by molar-refractivity contribution is 0.244. The maximum Gasteiger partial charge on any atom is 0.320 e. The number of urea groups is 1. The summed E-state index contributed by atoms with van der Waals surface area (Å²) < 4.78 is 0. The zero-order chi connectivity index (χ0) is 12.8. The van der Waals surface area contributed by atoms with E-state index < -0.39 is 0 Å². The van der Waals surface area contributed by atoms with Crippen LogP contribution in [0.3, 0.4) is 0 Å². The van der Waals surface area contributed by atoms with Gasteiger partial charge in [-0.2, -0.15) is 0 Å². The molecule has 0 aromatic carbocycles. The molecule has 1 aliphatic rings. The predicted octanol–water partition coefficient (Wildman–Crippen LogP) is 1.99. The van der Waals surface area contributed by atoms with Crippen LogP contribution in [0.5, 0.6) is 0 Å². The maximum atomic E-state index is 11.8. The second-order valence-corrected chi connectivity index (χ2v) is 4.69. The van der Waals surface area contributed by atoms with Gasteiger partial charge in [-0.1, -0.05) is 19.3 Å². The first-order chi connectivity index (χ1) is 8.78. The van der Waals surface area contributed by atoms with Gasteiger partial charge in [-0.15, -0.1) is 0 Å². The van der Waals surface area contributed by atoms with Crippen molar-refractivity contribution in [2.45, 2.75) is 44.7 Å². The van der Waals surface area contributed by atoms with E-state index in [1.807, 2.05) is 6.07 Å². The molecule has 0 radical (unpaired) electrons. The van der Waals surface area contributed by atoms with E-state index in [9.17, 15) is 4.79 Å². The van der Waals surface area contributed by atoms with Gasteiger partial charge in [0.05, 0.1) is 0 Å². The Kier molecular flexibility index (Phi) is 4.52. The summed E-state index contributed by atoms with van der Waals surface area (Å²) in [5.74, 6) is 0.547. The van der Waals surface area contributed by atoms with E-state index in [1.54, 1.807) is 12.3 Å². The highest BCUT2D eigenvalue weighted by Gasteiger charge is 2.15. The summed E-state index contributed by atoms with van der Waals surface area (Å²) in [7, 11) is 0.